The number of carbonyl (C=O) groups is 1. The first-order chi connectivity index (χ1) is 13.2. The fourth-order valence-corrected chi connectivity index (χ4v) is 3.71. The predicted octanol–water partition coefficient (Wildman–Crippen LogP) is 3.60. The van der Waals surface area contributed by atoms with E-state index in [1.54, 1.807) is 19.0 Å². The quantitative estimate of drug-likeness (QED) is 0.713. The van der Waals surface area contributed by atoms with Gasteiger partial charge in [-0.15, -0.1) is 0 Å². The van der Waals surface area contributed by atoms with Crippen molar-refractivity contribution in [1.82, 2.24) is 19.9 Å². The zero-order valence-electron chi connectivity index (χ0n) is 17.1. The second-order valence-electron chi connectivity index (χ2n) is 7.92. The van der Waals surface area contributed by atoms with Crippen molar-refractivity contribution in [2.75, 3.05) is 45.2 Å². The minimum Gasteiger partial charge on any atom is -0.331 e. The molecule has 28 heavy (non-hydrogen) atoms. The van der Waals surface area contributed by atoms with Gasteiger partial charge >= 0.3 is 12.0 Å². The maximum absolute atomic E-state index is 12.1. The van der Waals surface area contributed by atoms with Crippen LogP contribution in [-0.4, -0.2) is 66.2 Å². The van der Waals surface area contributed by atoms with Crippen LogP contribution in [0.3, 0.4) is 0 Å². The Kier molecular flexibility index (Phi) is 5.98. The number of carbonyl (C=O) groups excluding carboxylic acids is 1. The minimum atomic E-state index is -0.356. The first kappa shape index (κ1) is 20.6. The van der Waals surface area contributed by atoms with Gasteiger partial charge in [0.1, 0.15) is 0 Å². The lowest BCUT2D eigenvalue weighted by Gasteiger charge is -2.35. The summed E-state index contributed by atoms with van der Waals surface area (Å²) in [6.45, 7) is 9.14. The summed E-state index contributed by atoms with van der Waals surface area (Å²) in [4.78, 5) is 22.4. The fraction of sp³-hybridized carbons (Fsp3) is 0.550. The molecule has 0 saturated carbocycles. The molecular weight excluding hydrogens is 422 g/mol. The Labute approximate surface area is 174 Å². The predicted molar refractivity (Wildman–Crippen MR) is 113 cm³/mol. The van der Waals surface area contributed by atoms with E-state index in [0.29, 0.717) is 38.0 Å². The van der Waals surface area contributed by atoms with E-state index < -0.39 is 0 Å². The Balaban J connectivity index is 1.79. The summed E-state index contributed by atoms with van der Waals surface area (Å²) in [5.41, 5.74) is 0.796. The van der Waals surface area contributed by atoms with Crippen molar-refractivity contribution < 1.29 is 9.32 Å². The Bertz CT molecular complexity index is 812. The van der Waals surface area contributed by atoms with Gasteiger partial charge in [-0.1, -0.05) is 47.1 Å². The normalized spacial score (nSPS) is 17.0. The van der Waals surface area contributed by atoms with E-state index in [4.69, 9.17) is 9.51 Å². The first-order valence-electron chi connectivity index (χ1n) is 9.55. The van der Waals surface area contributed by atoms with Crippen LogP contribution in [0.1, 0.15) is 32.2 Å². The van der Waals surface area contributed by atoms with Gasteiger partial charge in [-0.3, -0.25) is 0 Å². The largest absolute Gasteiger partial charge is 0.331 e. The Hall–Kier alpha value is -2.09. The molecule has 1 aromatic heterocycles. The van der Waals surface area contributed by atoms with Crippen LogP contribution in [0.15, 0.2) is 33.3 Å². The smallest absolute Gasteiger partial charge is 0.324 e. The van der Waals surface area contributed by atoms with Crippen molar-refractivity contribution in [3.05, 3.63) is 40.1 Å². The van der Waals surface area contributed by atoms with Crippen LogP contribution in [0, 0.1) is 5.92 Å². The number of hydrogen-bond acceptors (Lipinski definition) is 5. The van der Waals surface area contributed by atoms with Gasteiger partial charge in [0.25, 0.3) is 0 Å². The van der Waals surface area contributed by atoms with E-state index in [0.717, 1.165) is 10.0 Å². The maximum Gasteiger partial charge on any atom is 0.324 e. The summed E-state index contributed by atoms with van der Waals surface area (Å²) in [5.74, 6) is 0.973. The number of rotatable bonds is 4. The lowest BCUT2D eigenvalue weighted by molar-refractivity contribution is 0.167. The molecule has 8 heteroatoms. The molecule has 1 aliphatic rings. The number of amides is 2. The average molecular weight is 450 g/mol. The van der Waals surface area contributed by atoms with Crippen LogP contribution < -0.4 is 4.90 Å². The van der Waals surface area contributed by atoms with Gasteiger partial charge < -0.3 is 19.2 Å². The summed E-state index contributed by atoms with van der Waals surface area (Å²) in [6, 6.07) is 8.84. The third-order valence-electron chi connectivity index (χ3n) is 5.68. The van der Waals surface area contributed by atoms with E-state index in [1.165, 1.54) is 0 Å². The molecule has 0 spiro atoms. The van der Waals surface area contributed by atoms with Crippen molar-refractivity contribution in [1.29, 1.82) is 0 Å². The first-order valence-corrected chi connectivity index (χ1v) is 10.3. The second-order valence-corrected chi connectivity index (χ2v) is 8.83. The Morgan fingerprint density at radius 3 is 2.32 bits per heavy atom. The molecule has 1 aromatic carbocycles. The van der Waals surface area contributed by atoms with Crippen LogP contribution in [0.4, 0.5) is 10.8 Å². The molecule has 1 atom stereocenters. The molecule has 152 valence electrons. The number of nitrogens with zero attached hydrogens (tertiary/aromatic N) is 5. The van der Waals surface area contributed by atoms with Crippen molar-refractivity contribution in [3.8, 4) is 0 Å². The monoisotopic (exact) mass is 449 g/mol. The van der Waals surface area contributed by atoms with E-state index >= 15 is 0 Å². The average Bonchev–Trinajstić information content (AvgIpc) is 3.18. The number of anilines is 1. The Morgan fingerprint density at radius 1 is 1.18 bits per heavy atom. The molecule has 1 aliphatic heterocycles. The van der Waals surface area contributed by atoms with Gasteiger partial charge in [0.2, 0.25) is 0 Å². The zero-order valence-corrected chi connectivity index (χ0v) is 18.7. The van der Waals surface area contributed by atoms with Crippen LogP contribution >= 0.6 is 15.9 Å². The number of hydrogen-bond donors (Lipinski definition) is 0. The molecule has 2 aromatic rings. The van der Waals surface area contributed by atoms with E-state index in [1.807, 2.05) is 17.0 Å². The SMILES string of the molecule is CC(C)C(C)(c1ccc(Br)cc1)c1noc(N2CCN(C(=O)N(C)C)CC2)n1. The zero-order chi connectivity index (χ0) is 20.5. The molecule has 1 unspecified atom stereocenters. The van der Waals surface area contributed by atoms with Crippen LogP contribution in [0.2, 0.25) is 0 Å². The molecule has 2 heterocycles. The molecule has 7 nitrogen and oxygen atoms in total. The molecule has 0 bridgehead atoms. The van der Waals surface area contributed by atoms with Crippen LogP contribution in [-0.2, 0) is 5.41 Å². The highest BCUT2D eigenvalue weighted by Crippen LogP contribution is 2.38. The molecule has 3 rings (SSSR count). The maximum atomic E-state index is 12.1. The highest BCUT2D eigenvalue weighted by molar-refractivity contribution is 9.10. The number of aromatic nitrogens is 2. The second kappa shape index (κ2) is 8.11. The molecule has 1 saturated heterocycles. The summed E-state index contributed by atoms with van der Waals surface area (Å²) in [7, 11) is 3.54. The van der Waals surface area contributed by atoms with E-state index in [9.17, 15) is 4.79 Å². The molecule has 0 radical (unpaired) electrons. The molecule has 2 amide bonds. The number of halogens is 1. The minimum absolute atomic E-state index is 0.0356. The lowest BCUT2D eigenvalue weighted by atomic mass is 9.73. The van der Waals surface area contributed by atoms with Crippen LogP contribution in [0.25, 0.3) is 0 Å². The van der Waals surface area contributed by atoms with Crippen LogP contribution in [0.5, 0.6) is 0 Å². The van der Waals surface area contributed by atoms with Gasteiger partial charge in [-0.25, -0.2) is 4.79 Å². The third-order valence-corrected chi connectivity index (χ3v) is 6.21. The van der Waals surface area contributed by atoms with E-state index in [2.05, 4.69) is 58.9 Å². The van der Waals surface area contributed by atoms with E-state index in [-0.39, 0.29) is 17.4 Å². The van der Waals surface area contributed by atoms with Gasteiger partial charge in [-0.2, -0.15) is 4.98 Å². The summed E-state index contributed by atoms with van der Waals surface area (Å²) in [5, 5.41) is 4.34. The van der Waals surface area contributed by atoms with Crippen molar-refractivity contribution in [3.63, 3.8) is 0 Å². The standard InChI is InChI=1S/C20H28BrN5O2/c1-14(2)20(3,15-6-8-16(21)9-7-15)17-22-18(28-23-17)25-10-12-26(13-11-25)19(27)24(4)5/h6-9,14H,10-13H2,1-5H3. The van der Waals surface area contributed by atoms with Crippen molar-refractivity contribution in [2.45, 2.75) is 26.2 Å². The van der Waals surface area contributed by atoms with Gasteiger partial charge in [-0.05, 0) is 30.5 Å². The fourth-order valence-electron chi connectivity index (χ4n) is 3.44. The summed E-state index contributed by atoms with van der Waals surface area (Å²) < 4.78 is 6.67. The van der Waals surface area contributed by atoms with Gasteiger partial charge in [0, 0.05) is 44.7 Å². The molecule has 0 N–H and O–H groups in total. The highest BCUT2D eigenvalue weighted by Gasteiger charge is 2.38. The van der Waals surface area contributed by atoms with Crippen molar-refractivity contribution >= 4 is 28.0 Å². The number of benzene rings is 1. The van der Waals surface area contributed by atoms with Gasteiger partial charge in [0.15, 0.2) is 5.82 Å². The van der Waals surface area contributed by atoms with Crippen molar-refractivity contribution in [2.24, 2.45) is 5.92 Å². The molecule has 0 aliphatic carbocycles. The summed E-state index contributed by atoms with van der Waals surface area (Å²) >= 11 is 3.50. The topological polar surface area (TPSA) is 65.7 Å². The Morgan fingerprint density at radius 2 is 1.79 bits per heavy atom. The molecule has 1 fully saturated rings. The third kappa shape index (κ3) is 3.87. The molecular formula is C20H28BrN5O2. The van der Waals surface area contributed by atoms with Gasteiger partial charge in [0.05, 0.1) is 5.41 Å². The highest BCUT2D eigenvalue weighted by atomic mass is 79.9. The number of urea groups is 1. The number of piperazine rings is 1. The summed E-state index contributed by atoms with van der Waals surface area (Å²) in [6.07, 6.45) is 0. The lowest BCUT2D eigenvalue weighted by Crippen LogP contribution is -2.51.